The third-order valence-electron chi connectivity index (χ3n) is 5.68. The molecule has 5 heteroatoms. The molecule has 0 amide bonds. The Morgan fingerprint density at radius 1 is 0.882 bits per heavy atom. The van der Waals surface area contributed by atoms with Gasteiger partial charge < -0.3 is 4.74 Å². The minimum absolute atomic E-state index is 0. The van der Waals surface area contributed by atoms with Crippen molar-refractivity contribution in [2.24, 2.45) is 5.10 Å². The van der Waals surface area contributed by atoms with Crippen LogP contribution < -0.4 is 10.6 Å². The maximum Gasteiger partial charge on any atom is 2.00 e. The summed E-state index contributed by atoms with van der Waals surface area (Å²) in [7, 11) is 1.34. The molecule has 2 aliphatic carbocycles. The maximum absolute atomic E-state index is 5.18. The van der Waals surface area contributed by atoms with Crippen molar-refractivity contribution >= 4 is 24.7 Å². The monoisotopic (exact) mass is 510 g/mol. The Morgan fingerprint density at radius 2 is 1.44 bits per heavy atom. The number of methoxy groups -OCH3 is 1. The number of rotatable bonds is 7. The normalized spacial score (nSPS) is 21.1. The van der Waals surface area contributed by atoms with E-state index in [1.807, 2.05) is 19.1 Å². The van der Waals surface area contributed by atoms with E-state index < -0.39 is 7.92 Å². The fourth-order valence-electron chi connectivity index (χ4n) is 4.06. The van der Waals surface area contributed by atoms with Crippen molar-refractivity contribution in [2.45, 2.75) is 18.9 Å². The summed E-state index contributed by atoms with van der Waals surface area (Å²) in [5.74, 6) is 1.16. The van der Waals surface area contributed by atoms with Crippen LogP contribution in [0.4, 0.5) is 0 Å². The average molecular weight is 510 g/mol. The van der Waals surface area contributed by atoms with Gasteiger partial charge in [-0.25, -0.2) is 0 Å². The Bertz CT molecular complexity index is 783. The molecule has 1 aliphatic heterocycles. The zero-order valence-corrected chi connectivity index (χ0v) is 21.5. The van der Waals surface area contributed by atoms with Crippen molar-refractivity contribution in [3.8, 4) is 0 Å². The molecule has 3 fully saturated rings. The van der Waals surface area contributed by atoms with Crippen LogP contribution in [0.15, 0.2) is 65.8 Å². The molecular weight excluding hydrogens is 479 g/mol. The van der Waals surface area contributed by atoms with Gasteiger partial charge in [-0.15, -0.1) is 0 Å². The van der Waals surface area contributed by atoms with Crippen molar-refractivity contribution in [1.29, 1.82) is 0 Å². The number of hydrogen-bond acceptors (Lipinski definition) is 3. The first-order valence-corrected chi connectivity index (χ1v) is 12.8. The number of hydrazone groups is 1. The standard InChI is InChI=1S/C17H14P.C12H17N2O.Fe/c1-3-9-15(10-4-1)18(17-13-7-8-14-17)16-11-5-2-6-12-16;1-15-10-12-7-4-8-14(12)13-9-11-5-2-3-6-11;/h1-14H;2-3,5-6,9,12H,4,7-8,10H2,1H3;/q;;+2/b;13-9+;/t;12-;/m.0./s1. The Kier molecular flexibility index (Phi) is 12.1. The number of hydrogen-bond donors (Lipinski definition) is 0. The van der Waals surface area contributed by atoms with Crippen molar-refractivity contribution in [2.75, 3.05) is 20.3 Å². The first-order chi connectivity index (χ1) is 16.3. The second-order valence-corrected chi connectivity index (χ2v) is 10.2. The molecule has 5 rings (SSSR count). The van der Waals surface area contributed by atoms with Crippen molar-refractivity contribution < 1.29 is 21.8 Å². The van der Waals surface area contributed by atoms with Gasteiger partial charge in [-0.05, 0) is 82.7 Å². The summed E-state index contributed by atoms with van der Waals surface area (Å²) in [6.45, 7) is 1.82. The van der Waals surface area contributed by atoms with Gasteiger partial charge in [0.2, 0.25) is 0 Å². The van der Waals surface area contributed by atoms with E-state index in [0.717, 1.165) is 19.1 Å². The summed E-state index contributed by atoms with van der Waals surface area (Å²) in [5.41, 5.74) is 1.42. The summed E-state index contributed by atoms with van der Waals surface area (Å²) in [5, 5.41) is 9.44. The molecule has 0 bridgehead atoms. The van der Waals surface area contributed by atoms with E-state index in [4.69, 9.17) is 4.74 Å². The molecule has 1 atom stereocenters. The van der Waals surface area contributed by atoms with E-state index in [2.05, 4.69) is 109 Å². The molecular formula is C29H31FeN2OP+2. The molecule has 1 heterocycles. The average Bonchev–Trinajstić information content (AvgIpc) is 3.64. The molecule has 1 saturated heterocycles. The quantitative estimate of drug-likeness (QED) is 0.299. The predicted molar refractivity (Wildman–Crippen MR) is 140 cm³/mol. The molecule has 10 radical (unpaired) electrons. The Balaban J connectivity index is 0.000000188. The molecule has 34 heavy (non-hydrogen) atoms. The van der Waals surface area contributed by atoms with Crippen LogP contribution >= 0.6 is 7.92 Å². The van der Waals surface area contributed by atoms with Crippen molar-refractivity contribution in [3.63, 3.8) is 0 Å². The summed E-state index contributed by atoms with van der Waals surface area (Å²) >= 11 is 0. The van der Waals surface area contributed by atoms with Gasteiger partial charge in [-0.1, -0.05) is 60.7 Å². The van der Waals surface area contributed by atoms with Gasteiger partial charge in [0.05, 0.1) is 12.6 Å². The summed E-state index contributed by atoms with van der Waals surface area (Å²) in [6, 6.07) is 22.0. The summed E-state index contributed by atoms with van der Waals surface area (Å²) in [4.78, 5) is 0. The fraction of sp³-hybridized carbons (Fsp3) is 0.207. The molecule has 174 valence electrons. The van der Waals surface area contributed by atoms with E-state index >= 15 is 0 Å². The Morgan fingerprint density at radius 3 is 2.00 bits per heavy atom. The van der Waals surface area contributed by atoms with Gasteiger partial charge in [-0.3, -0.25) is 5.01 Å². The SMILES string of the molecule is COC[C@@H]1CCCN1/N=C/[C]1[CH][CH][CH][CH]1.[CH]1[CH][CH][C](P(c2ccccc2)c2ccccc2)[CH]1.[Fe+2]. The van der Waals surface area contributed by atoms with E-state index in [0.29, 0.717) is 6.04 Å². The van der Waals surface area contributed by atoms with Crippen molar-refractivity contribution in [1.82, 2.24) is 5.01 Å². The van der Waals surface area contributed by atoms with Crippen LogP contribution in [-0.2, 0) is 21.8 Å². The van der Waals surface area contributed by atoms with Crippen LogP contribution in [0.5, 0.6) is 0 Å². The van der Waals surface area contributed by atoms with Crippen LogP contribution in [0.1, 0.15) is 12.8 Å². The number of benzene rings is 2. The summed E-state index contributed by atoms with van der Waals surface area (Å²) < 4.78 is 5.18. The minimum atomic E-state index is -0.409. The smallest absolute Gasteiger partial charge is 0.382 e. The molecule has 2 aromatic carbocycles. The second kappa shape index (κ2) is 15.0. The molecule has 3 nitrogen and oxygen atoms in total. The molecule has 2 aromatic rings. The molecule has 0 unspecified atom stereocenters. The largest absolute Gasteiger partial charge is 2.00 e. The molecule has 2 saturated carbocycles. The Hall–Kier alpha value is -1.18. The van der Waals surface area contributed by atoms with E-state index in [-0.39, 0.29) is 17.1 Å². The third-order valence-corrected chi connectivity index (χ3v) is 8.12. The number of nitrogens with zero attached hydrogens (tertiary/aromatic N) is 2. The molecule has 0 spiro atoms. The van der Waals surface area contributed by atoms with Crippen LogP contribution in [0, 0.1) is 62.9 Å². The van der Waals surface area contributed by atoms with Gasteiger partial charge in [-0.2, -0.15) is 5.10 Å². The van der Waals surface area contributed by atoms with Gasteiger partial charge in [0.15, 0.2) is 0 Å². The Labute approximate surface area is 219 Å². The van der Waals surface area contributed by atoms with Crippen molar-refractivity contribution in [3.05, 3.63) is 124 Å². The fourth-order valence-corrected chi connectivity index (χ4v) is 6.37. The van der Waals surface area contributed by atoms with Crippen LogP contribution in [0.25, 0.3) is 0 Å². The first-order valence-electron chi connectivity index (χ1n) is 11.5. The topological polar surface area (TPSA) is 24.8 Å². The second-order valence-electron chi connectivity index (χ2n) is 8.03. The minimum Gasteiger partial charge on any atom is -0.382 e. The molecule has 0 aromatic heterocycles. The van der Waals surface area contributed by atoms with Gasteiger partial charge in [0, 0.05) is 31.4 Å². The van der Waals surface area contributed by atoms with E-state index in [9.17, 15) is 0 Å². The van der Waals surface area contributed by atoms with Gasteiger partial charge in [0.25, 0.3) is 0 Å². The van der Waals surface area contributed by atoms with Gasteiger partial charge >= 0.3 is 17.1 Å². The van der Waals surface area contributed by atoms with Crippen LogP contribution in [0.2, 0.25) is 0 Å². The predicted octanol–water partition coefficient (Wildman–Crippen LogP) is 4.97. The molecule has 3 aliphatic rings. The summed E-state index contributed by atoms with van der Waals surface area (Å²) in [6.07, 6.45) is 21.2. The van der Waals surface area contributed by atoms with E-state index in [1.54, 1.807) is 7.11 Å². The molecule has 0 N–H and O–H groups in total. The van der Waals surface area contributed by atoms with Crippen LogP contribution in [-0.4, -0.2) is 37.5 Å². The third kappa shape index (κ3) is 7.92. The zero-order chi connectivity index (χ0) is 22.7. The first kappa shape index (κ1) is 27.4. The van der Waals surface area contributed by atoms with Crippen LogP contribution in [0.3, 0.4) is 0 Å². The number of ether oxygens (including phenoxy) is 1. The maximum atomic E-state index is 5.18. The van der Waals surface area contributed by atoms with Gasteiger partial charge in [0.1, 0.15) is 0 Å². The zero-order valence-electron chi connectivity index (χ0n) is 19.5. The van der Waals surface area contributed by atoms with E-state index in [1.165, 1.54) is 29.1 Å².